The van der Waals surface area contributed by atoms with Gasteiger partial charge in [-0.25, -0.2) is 0 Å². The first-order valence-corrected chi connectivity index (χ1v) is 7.36. The fourth-order valence-corrected chi connectivity index (χ4v) is 2.75. The van der Waals surface area contributed by atoms with Crippen molar-refractivity contribution in [2.75, 3.05) is 0 Å². The minimum absolute atomic E-state index is 0.0697. The van der Waals surface area contributed by atoms with Crippen LogP contribution in [0.5, 0.6) is 17.2 Å². The lowest BCUT2D eigenvalue weighted by Crippen LogP contribution is -2.18. The second kappa shape index (κ2) is 5.02. The molecular weight excluding hydrogens is 292 g/mol. The molecule has 0 fully saturated rings. The maximum atomic E-state index is 12.4. The van der Waals surface area contributed by atoms with Gasteiger partial charge in [-0.2, -0.15) is 0 Å². The van der Waals surface area contributed by atoms with Crippen LogP contribution in [-0.4, -0.2) is 17.0 Å². The number of rotatable bonds is 1. The number of para-hydroxylation sites is 1. The largest absolute Gasteiger partial charge is 0.508 e. The number of Topliss-reactive ketones (excluding diaryl/α,β-unsaturated/α-hetero) is 1. The van der Waals surface area contributed by atoms with Gasteiger partial charge < -0.3 is 14.6 Å². The predicted octanol–water partition coefficient (Wildman–Crippen LogP) is 3.72. The van der Waals surface area contributed by atoms with Gasteiger partial charge in [0.15, 0.2) is 5.76 Å². The molecule has 23 heavy (non-hydrogen) atoms. The molecule has 1 atom stereocenters. The van der Waals surface area contributed by atoms with Crippen molar-refractivity contribution in [1.29, 1.82) is 0 Å². The Kier molecular flexibility index (Phi) is 2.98. The van der Waals surface area contributed by atoms with E-state index in [4.69, 9.17) is 9.47 Å². The number of benzene rings is 2. The minimum Gasteiger partial charge on any atom is -0.508 e. The fourth-order valence-electron chi connectivity index (χ4n) is 2.75. The number of hydrogen-bond acceptors (Lipinski definition) is 4. The summed E-state index contributed by atoms with van der Waals surface area (Å²) in [6.07, 6.45) is 3.53. The molecule has 2 aromatic carbocycles. The van der Waals surface area contributed by atoms with E-state index in [-0.39, 0.29) is 23.4 Å². The number of ether oxygens (including phenoxy) is 2. The van der Waals surface area contributed by atoms with Gasteiger partial charge in [0.2, 0.25) is 5.78 Å². The third kappa shape index (κ3) is 2.28. The second-order valence-corrected chi connectivity index (χ2v) is 5.56. The first kappa shape index (κ1) is 13.6. The van der Waals surface area contributed by atoms with Crippen LogP contribution in [0.2, 0.25) is 0 Å². The van der Waals surface area contributed by atoms with E-state index in [2.05, 4.69) is 0 Å². The van der Waals surface area contributed by atoms with Gasteiger partial charge >= 0.3 is 0 Å². The van der Waals surface area contributed by atoms with Crippen molar-refractivity contribution in [2.45, 2.75) is 13.0 Å². The lowest BCUT2D eigenvalue weighted by atomic mass is 10.0. The summed E-state index contributed by atoms with van der Waals surface area (Å²) in [6, 6.07) is 12.2. The average Bonchev–Trinajstić information content (AvgIpc) is 2.83. The van der Waals surface area contributed by atoms with Gasteiger partial charge in [-0.3, -0.25) is 4.79 Å². The number of aromatic hydroxyl groups is 1. The monoisotopic (exact) mass is 306 g/mol. The molecule has 2 aromatic rings. The maximum absolute atomic E-state index is 12.4. The fraction of sp³-hybridized carbons (Fsp3) is 0.105. The number of phenols is 1. The molecule has 2 heterocycles. The predicted molar refractivity (Wildman–Crippen MR) is 85.7 cm³/mol. The molecule has 0 aliphatic carbocycles. The Balaban J connectivity index is 1.72. The molecule has 0 saturated heterocycles. The zero-order valence-electron chi connectivity index (χ0n) is 12.4. The maximum Gasteiger partial charge on any atom is 0.231 e. The van der Waals surface area contributed by atoms with Gasteiger partial charge in [0, 0.05) is 11.6 Å². The minimum atomic E-state index is -0.188. The molecule has 1 N–H and O–H groups in total. The Hall–Kier alpha value is -3.01. The Morgan fingerprint density at radius 1 is 1.13 bits per heavy atom. The lowest BCUT2D eigenvalue weighted by molar-refractivity contribution is 0.101. The highest BCUT2D eigenvalue weighted by Gasteiger charge is 2.29. The molecule has 4 heteroatoms. The van der Waals surface area contributed by atoms with E-state index < -0.39 is 0 Å². The van der Waals surface area contributed by atoms with E-state index in [0.717, 1.165) is 16.9 Å². The van der Waals surface area contributed by atoms with Crippen molar-refractivity contribution in [2.24, 2.45) is 0 Å². The summed E-state index contributed by atoms with van der Waals surface area (Å²) < 4.78 is 11.5. The van der Waals surface area contributed by atoms with E-state index in [0.29, 0.717) is 11.3 Å². The molecule has 0 amide bonds. The smallest absolute Gasteiger partial charge is 0.231 e. The highest BCUT2D eigenvalue weighted by atomic mass is 16.5. The van der Waals surface area contributed by atoms with E-state index in [1.54, 1.807) is 12.1 Å². The summed E-state index contributed by atoms with van der Waals surface area (Å²) in [6.45, 7) is 1.93. The van der Waals surface area contributed by atoms with Gasteiger partial charge in [0.1, 0.15) is 23.4 Å². The van der Waals surface area contributed by atoms with Crippen LogP contribution in [-0.2, 0) is 0 Å². The normalized spacial score (nSPS) is 20.4. The molecular formula is C19H14O4. The van der Waals surface area contributed by atoms with Gasteiger partial charge in [0.05, 0.1) is 5.56 Å². The lowest BCUT2D eigenvalue weighted by Gasteiger charge is -2.22. The van der Waals surface area contributed by atoms with Crippen LogP contribution in [0, 0.1) is 0 Å². The van der Waals surface area contributed by atoms with E-state index in [1.165, 1.54) is 12.1 Å². The molecule has 0 saturated carbocycles. The van der Waals surface area contributed by atoms with Gasteiger partial charge in [0.25, 0.3) is 0 Å². The topological polar surface area (TPSA) is 55.8 Å². The number of allylic oxidation sites excluding steroid dienone is 1. The number of carbonyl (C=O) groups is 1. The van der Waals surface area contributed by atoms with Crippen molar-refractivity contribution in [3.63, 3.8) is 0 Å². The molecule has 0 aromatic heterocycles. The summed E-state index contributed by atoms with van der Waals surface area (Å²) in [5.41, 5.74) is 2.29. The number of fused-ring (bicyclic) bond motifs is 2. The van der Waals surface area contributed by atoms with Crippen molar-refractivity contribution in [1.82, 2.24) is 0 Å². The van der Waals surface area contributed by atoms with E-state index in [1.807, 2.05) is 37.3 Å². The van der Waals surface area contributed by atoms with Crippen molar-refractivity contribution < 1.29 is 19.4 Å². The molecule has 4 rings (SSSR count). The van der Waals surface area contributed by atoms with Gasteiger partial charge in [-0.15, -0.1) is 0 Å². The quantitative estimate of drug-likeness (QED) is 0.816. The highest BCUT2D eigenvalue weighted by Crippen LogP contribution is 2.36. The molecule has 2 aliphatic heterocycles. The van der Waals surface area contributed by atoms with E-state index >= 15 is 0 Å². The van der Waals surface area contributed by atoms with Crippen LogP contribution in [0.3, 0.4) is 0 Å². The molecule has 4 nitrogen and oxygen atoms in total. The summed E-state index contributed by atoms with van der Waals surface area (Å²) in [5, 5.41) is 9.50. The molecule has 0 radical (unpaired) electrons. The van der Waals surface area contributed by atoms with Crippen LogP contribution in [0.15, 0.2) is 59.9 Å². The van der Waals surface area contributed by atoms with Crippen LogP contribution in [0.4, 0.5) is 0 Å². The number of ketones is 1. The number of hydrogen-bond donors (Lipinski definition) is 1. The summed E-state index contributed by atoms with van der Waals surface area (Å²) in [5.74, 6) is 1.33. The van der Waals surface area contributed by atoms with Gasteiger partial charge in [-0.1, -0.05) is 18.2 Å². The molecule has 0 bridgehead atoms. The van der Waals surface area contributed by atoms with Crippen LogP contribution < -0.4 is 9.47 Å². The molecule has 114 valence electrons. The zero-order chi connectivity index (χ0) is 16.0. The van der Waals surface area contributed by atoms with Crippen LogP contribution >= 0.6 is 0 Å². The summed E-state index contributed by atoms with van der Waals surface area (Å²) >= 11 is 0. The Morgan fingerprint density at radius 2 is 1.96 bits per heavy atom. The van der Waals surface area contributed by atoms with Crippen LogP contribution in [0.1, 0.15) is 22.8 Å². The van der Waals surface area contributed by atoms with Crippen LogP contribution in [0.25, 0.3) is 6.08 Å². The summed E-state index contributed by atoms with van der Waals surface area (Å²) in [4.78, 5) is 12.4. The standard InChI is InChI=1S/C19H14O4/c1-11-13(8-12-4-2-3-5-16(12)22-11)9-18-19(21)15-7-6-14(20)10-17(15)23-18/h2-11,20H,1H3/b18-9-. The summed E-state index contributed by atoms with van der Waals surface area (Å²) in [7, 11) is 0. The Morgan fingerprint density at radius 3 is 2.83 bits per heavy atom. The first-order valence-electron chi connectivity index (χ1n) is 7.36. The SMILES string of the molecule is CC1Oc2ccccc2C=C1/C=C1\Oc2cc(O)ccc2C1=O. The third-order valence-electron chi connectivity index (χ3n) is 3.97. The number of carbonyl (C=O) groups excluding carboxylic acids is 1. The zero-order valence-corrected chi connectivity index (χ0v) is 12.4. The molecule has 1 unspecified atom stereocenters. The van der Waals surface area contributed by atoms with Crippen molar-refractivity contribution in [3.8, 4) is 17.2 Å². The van der Waals surface area contributed by atoms with E-state index in [9.17, 15) is 9.90 Å². The number of phenolic OH excluding ortho intramolecular Hbond substituents is 1. The third-order valence-corrected chi connectivity index (χ3v) is 3.97. The van der Waals surface area contributed by atoms with Gasteiger partial charge in [-0.05, 0) is 42.8 Å². The second-order valence-electron chi connectivity index (χ2n) is 5.56. The van der Waals surface area contributed by atoms with Crippen molar-refractivity contribution >= 4 is 11.9 Å². The average molecular weight is 306 g/mol. The van der Waals surface area contributed by atoms with Crippen molar-refractivity contribution in [3.05, 3.63) is 71.0 Å². The molecule has 0 spiro atoms. The molecule has 2 aliphatic rings. The Labute approximate surface area is 133 Å². The Bertz CT molecular complexity index is 877. The first-order chi connectivity index (χ1) is 11.1. The highest BCUT2D eigenvalue weighted by molar-refractivity contribution is 6.12.